The van der Waals surface area contributed by atoms with Crippen LogP contribution in [-0.4, -0.2) is 55.6 Å². The number of carbonyl (C=O) groups is 1. The first-order chi connectivity index (χ1) is 10.8. The second-order valence-electron chi connectivity index (χ2n) is 6.42. The molecule has 5 heteroatoms. The average Bonchev–Trinajstić information content (AvgIpc) is 3.09. The van der Waals surface area contributed by atoms with Crippen molar-refractivity contribution in [1.82, 2.24) is 15.2 Å². The van der Waals surface area contributed by atoms with E-state index in [0.717, 1.165) is 45.0 Å². The Morgan fingerprint density at radius 2 is 2.09 bits per heavy atom. The number of hydrogen-bond donors (Lipinski definition) is 1. The highest BCUT2D eigenvalue weighted by atomic mass is 16.2. The minimum Gasteiger partial charge on any atom is -0.357 e. The lowest BCUT2D eigenvalue weighted by Crippen LogP contribution is -2.42. The molecule has 3 rings (SSSR count). The van der Waals surface area contributed by atoms with Crippen LogP contribution in [0.1, 0.15) is 36.0 Å². The van der Waals surface area contributed by atoms with E-state index in [-0.39, 0.29) is 5.91 Å². The van der Waals surface area contributed by atoms with Crippen LogP contribution >= 0.6 is 0 Å². The van der Waals surface area contributed by atoms with Crippen molar-refractivity contribution in [2.75, 3.05) is 44.7 Å². The second-order valence-corrected chi connectivity index (χ2v) is 6.42. The molecule has 0 saturated carbocycles. The third kappa shape index (κ3) is 3.40. The van der Waals surface area contributed by atoms with E-state index in [1.165, 1.54) is 19.3 Å². The molecule has 0 radical (unpaired) electrons. The van der Waals surface area contributed by atoms with Gasteiger partial charge in [0.2, 0.25) is 0 Å². The highest BCUT2D eigenvalue weighted by Gasteiger charge is 2.24. The predicted molar refractivity (Wildman–Crippen MR) is 88.2 cm³/mol. The number of pyridine rings is 1. The van der Waals surface area contributed by atoms with Crippen LogP contribution < -0.4 is 10.2 Å². The Bertz CT molecular complexity index is 494. The first-order valence-electron chi connectivity index (χ1n) is 8.43. The SMILES string of the molecule is CNCC1CCCN(C(=O)c2ccc(N3CCCC3)nc2)C1. The molecule has 2 fully saturated rings. The number of nitrogens with one attached hydrogen (secondary N) is 1. The van der Waals surface area contributed by atoms with E-state index in [4.69, 9.17) is 0 Å². The van der Waals surface area contributed by atoms with E-state index >= 15 is 0 Å². The normalized spacial score (nSPS) is 22.1. The first kappa shape index (κ1) is 15.3. The molecule has 1 amide bonds. The quantitative estimate of drug-likeness (QED) is 0.920. The largest absolute Gasteiger partial charge is 0.357 e. The van der Waals surface area contributed by atoms with Crippen molar-refractivity contribution < 1.29 is 4.79 Å². The number of aromatic nitrogens is 1. The maximum absolute atomic E-state index is 12.6. The van der Waals surface area contributed by atoms with E-state index in [9.17, 15) is 4.79 Å². The van der Waals surface area contributed by atoms with Gasteiger partial charge in [-0.3, -0.25) is 4.79 Å². The summed E-state index contributed by atoms with van der Waals surface area (Å²) in [4.78, 5) is 21.4. The van der Waals surface area contributed by atoms with E-state index < -0.39 is 0 Å². The Morgan fingerprint density at radius 1 is 1.27 bits per heavy atom. The molecule has 1 aromatic heterocycles. The molecule has 120 valence electrons. The van der Waals surface area contributed by atoms with E-state index in [1.807, 2.05) is 24.1 Å². The van der Waals surface area contributed by atoms with Gasteiger partial charge in [-0.05, 0) is 57.3 Å². The van der Waals surface area contributed by atoms with Gasteiger partial charge in [-0.25, -0.2) is 4.98 Å². The van der Waals surface area contributed by atoms with Crippen molar-refractivity contribution in [3.05, 3.63) is 23.9 Å². The van der Waals surface area contributed by atoms with Crippen molar-refractivity contribution in [1.29, 1.82) is 0 Å². The van der Waals surface area contributed by atoms with Crippen LogP contribution in [0, 0.1) is 5.92 Å². The molecule has 2 aliphatic heterocycles. The van der Waals surface area contributed by atoms with E-state index in [0.29, 0.717) is 11.5 Å². The Balaban J connectivity index is 1.64. The van der Waals surface area contributed by atoms with Gasteiger partial charge in [-0.1, -0.05) is 0 Å². The summed E-state index contributed by atoms with van der Waals surface area (Å²) in [5, 5.41) is 3.22. The standard InChI is InChI=1S/C17H26N4O/c1-18-11-14-5-4-10-21(13-14)17(22)15-6-7-16(19-12-15)20-8-2-3-9-20/h6-7,12,14,18H,2-5,8-11,13H2,1H3. The van der Waals surface area contributed by atoms with Crippen molar-refractivity contribution in [2.45, 2.75) is 25.7 Å². The highest BCUT2D eigenvalue weighted by Crippen LogP contribution is 2.20. The molecular formula is C17H26N4O. The molecule has 3 heterocycles. The van der Waals surface area contributed by atoms with Crippen molar-refractivity contribution in [3.63, 3.8) is 0 Å². The molecule has 2 saturated heterocycles. The zero-order valence-corrected chi connectivity index (χ0v) is 13.4. The maximum Gasteiger partial charge on any atom is 0.255 e. The minimum absolute atomic E-state index is 0.126. The molecular weight excluding hydrogens is 276 g/mol. The highest BCUT2D eigenvalue weighted by molar-refractivity contribution is 5.94. The summed E-state index contributed by atoms with van der Waals surface area (Å²) in [7, 11) is 1.97. The molecule has 5 nitrogen and oxygen atoms in total. The van der Waals surface area contributed by atoms with Crippen molar-refractivity contribution >= 4 is 11.7 Å². The zero-order chi connectivity index (χ0) is 15.4. The van der Waals surface area contributed by atoms with Gasteiger partial charge in [0.15, 0.2) is 0 Å². The fourth-order valence-corrected chi connectivity index (χ4v) is 3.53. The topological polar surface area (TPSA) is 48.5 Å². The maximum atomic E-state index is 12.6. The second kappa shape index (κ2) is 7.09. The summed E-state index contributed by atoms with van der Waals surface area (Å²) in [6, 6.07) is 3.93. The third-order valence-electron chi connectivity index (χ3n) is 4.72. The predicted octanol–water partition coefficient (Wildman–Crippen LogP) is 1.75. The van der Waals surface area contributed by atoms with E-state index in [2.05, 4.69) is 15.2 Å². The Hall–Kier alpha value is -1.62. The summed E-state index contributed by atoms with van der Waals surface area (Å²) in [5.74, 6) is 1.70. The lowest BCUT2D eigenvalue weighted by molar-refractivity contribution is 0.0674. The fourth-order valence-electron chi connectivity index (χ4n) is 3.53. The van der Waals surface area contributed by atoms with Gasteiger partial charge in [0.25, 0.3) is 5.91 Å². The number of piperidine rings is 1. The number of likely N-dealkylation sites (tertiary alicyclic amines) is 1. The first-order valence-corrected chi connectivity index (χ1v) is 8.43. The molecule has 0 aromatic carbocycles. The molecule has 22 heavy (non-hydrogen) atoms. The van der Waals surface area contributed by atoms with Gasteiger partial charge < -0.3 is 15.1 Å². The molecule has 1 unspecified atom stereocenters. The van der Waals surface area contributed by atoms with Crippen LogP contribution in [0.15, 0.2) is 18.3 Å². The molecule has 0 bridgehead atoms. The molecule has 2 aliphatic rings. The Morgan fingerprint density at radius 3 is 2.77 bits per heavy atom. The number of nitrogens with zero attached hydrogens (tertiary/aromatic N) is 3. The van der Waals surface area contributed by atoms with Crippen LogP contribution in [0.4, 0.5) is 5.82 Å². The van der Waals surface area contributed by atoms with Crippen molar-refractivity contribution in [3.8, 4) is 0 Å². The van der Waals surface area contributed by atoms with E-state index in [1.54, 1.807) is 6.20 Å². The number of hydrogen-bond acceptors (Lipinski definition) is 4. The summed E-state index contributed by atoms with van der Waals surface area (Å²) in [6.07, 6.45) is 6.53. The minimum atomic E-state index is 0.126. The molecule has 0 aliphatic carbocycles. The van der Waals surface area contributed by atoms with Crippen molar-refractivity contribution in [2.24, 2.45) is 5.92 Å². The number of rotatable bonds is 4. The van der Waals surface area contributed by atoms with Gasteiger partial charge in [0, 0.05) is 32.4 Å². The molecule has 1 atom stereocenters. The fraction of sp³-hybridized carbons (Fsp3) is 0.647. The van der Waals surface area contributed by atoms with Crippen LogP contribution in [0.3, 0.4) is 0 Å². The summed E-state index contributed by atoms with van der Waals surface area (Å²) in [5.41, 5.74) is 0.716. The Labute approximate surface area is 132 Å². The van der Waals surface area contributed by atoms with Gasteiger partial charge in [-0.2, -0.15) is 0 Å². The van der Waals surface area contributed by atoms with Crippen LogP contribution in [0.2, 0.25) is 0 Å². The molecule has 0 spiro atoms. The van der Waals surface area contributed by atoms with Crippen LogP contribution in [-0.2, 0) is 0 Å². The van der Waals surface area contributed by atoms with Gasteiger partial charge in [0.1, 0.15) is 5.82 Å². The monoisotopic (exact) mass is 302 g/mol. The third-order valence-corrected chi connectivity index (χ3v) is 4.72. The lowest BCUT2D eigenvalue weighted by atomic mass is 9.97. The smallest absolute Gasteiger partial charge is 0.255 e. The summed E-state index contributed by atoms with van der Waals surface area (Å²) >= 11 is 0. The number of amides is 1. The van der Waals surface area contributed by atoms with Crippen LogP contribution in [0.5, 0.6) is 0 Å². The lowest BCUT2D eigenvalue weighted by Gasteiger charge is -2.32. The van der Waals surface area contributed by atoms with Gasteiger partial charge >= 0.3 is 0 Å². The zero-order valence-electron chi connectivity index (χ0n) is 13.4. The summed E-state index contributed by atoms with van der Waals surface area (Å²) in [6.45, 7) is 4.87. The van der Waals surface area contributed by atoms with Gasteiger partial charge in [-0.15, -0.1) is 0 Å². The number of carbonyl (C=O) groups excluding carboxylic acids is 1. The van der Waals surface area contributed by atoms with Gasteiger partial charge in [0.05, 0.1) is 5.56 Å². The molecule has 1 N–H and O–H groups in total. The summed E-state index contributed by atoms with van der Waals surface area (Å²) < 4.78 is 0. The molecule has 1 aromatic rings. The average molecular weight is 302 g/mol. The van der Waals surface area contributed by atoms with Crippen LogP contribution in [0.25, 0.3) is 0 Å². The number of anilines is 1. The Kier molecular flexibility index (Phi) is 4.93.